The molecule has 0 saturated carbocycles. The van der Waals surface area contributed by atoms with Gasteiger partial charge in [0.25, 0.3) is 5.91 Å². The van der Waals surface area contributed by atoms with Gasteiger partial charge in [-0.15, -0.1) is 0 Å². The summed E-state index contributed by atoms with van der Waals surface area (Å²) in [6.45, 7) is 3.34. The molecule has 17 heavy (non-hydrogen) atoms. The summed E-state index contributed by atoms with van der Waals surface area (Å²) in [7, 11) is 0. The van der Waals surface area contributed by atoms with Gasteiger partial charge in [-0.3, -0.25) is 10.1 Å². The molecule has 0 aliphatic heterocycles. The Balaban J connectivity index is 2.20. The maximum Gasteiger partial charge on any atom is 0.302 e. The minimum atomic E-state index is -0.366. The average Bonchev–Trinajstić information content (AvgIpc) is 2.78. The Morgan fingerprint density at radius 3 is 2.76 bits per heavy atom. The first-order valence-corrected chi connectivity index (χ1v) is 5.22. The van der Waals surface area contributed by atoms with Crippen molar-refractivity contribution in [1.82, 2.24) is 4.98 Å². The van der Waals surface area contributed by atoms with Gasteiger partial charge in [0.1, 0.15) is 12.0 Å². The average molecular weight is 249 g/mol. The second kappa shape index (κ2) is 4.84. The number of nitrogens with one attached hydrogen (secondary N) is 1. The summed E-state index contributed by atoms with van der Waals surface area (Å²) in [6.07, 6.45) is 2.61. The molecule has 5 heteroatoms. The molecular weight excluding hydrogens is 240 g/mol. The largest absolute Gasteiger partial charge is 0.431 e. The summed E-state index contributed by atoms with van der Waals surface area (Å²) in [4.78, 5) is 15.1. The van der Waals surface area contributed by atoms with E-state index in [0.717, 1.165) is 11.6 Å². The number of nitrogens with zero attached hydrogens (tertiary/aromatic N) is 1. The number of halogens is 1. The van der Waals surface area contributed by atoms with Crippen LogP contribution in [-0.2, 0) is 4.79 Å². The molecule has 1 aromatic heterocycles. The van der Waals surface area contributed by atoms with Gasteiger partial charge >= 0.3 is 6.01 Å². The molecule has 0 spiro atoms. The normalized spacial score (nSPS) is 9.94. The van der Waals surface area contributed by atoms with E-state index in [2.05, 4.69) is 16.9 Å². The molecule has 1 aromatic carbocycles. The summed E-state index contributed by atoms with van der Waals surface area (Å²) in [5.74, 6) is -0.366. The number of oxazole rings is 1. The van der Waals surface area contributed by atoms with Crippen molar-refractivity contribution in [2.24, 2.45) is 0 Å². The van der Waals surface area contributed by atoms with Gasteiger partial charge in [-0.2, -0.15) is 4.98 Å². The van der Waals surface area contributed by atoms with Gasteiger partial charge in [-0.05, 0) is 18.2 Å². The fourth-order valence-electron chi connectivity index (χ4n) is 1.24. The lowest BCUT2D eigenvalue weighted by molar-refractivity contribution is -0.112. The predicted molar refractivity (Wildman–Crippen MR) is 65.8 cm³/mol. The van der Waals surface area contributed by atoms with E-state index < -0.39 is 0 Å². The molecule has 1 amide bonds. The van der Waals surface area contributed by atoms with Gasteiger partial charge in [0.2, 0.25) is 0 Å². The number of carbonyl (C=O) groups excluding carboxylic acids is 1. The van der Waals surface area contributed by atoms with Crippen LogP contribution in [0.2, 0.25) is 5.02 Å². The van der Waals surface area contributed by atoms with Crippen LogP contribution < -0.4 is 5.32 Å². The van der Waals surface area contributed by atoms with Crippen molar-refractivity contribution in [3.8, 4) is 11.3 Å². The first kappa shape index (κ1) is 11.4. The zero-order chi connectivity index (χ0) is 12.3. The van der Waals surface area contributed by atoms with E-state index in [4.69, 9.17) is 16.0 Å². The molecule has 4 nitrogen and oxygen atoms in total. The molecule has 2 rings (SSSR count). The first-order valence-electron chi connectivity index (χ1n) is 4.84. The van der Waals surface area contributed by atoms with E-state index in [1.165, 1.54) is 6.26 Å². The second-order valence-corrected chi connectivity index (χ2v) is 3.67. The van der Waals surface area contributed by atoms with Gasteiger partial charge < -0.3 is 4.42 Å². The highest BCUT2D eigenvalue weighted by atomic mass is 35.5. The van der Waals surface area contributed by atoms with Crippen molar-refractivity contribution < 1.29 is 9.21 Å². The Bertz CT molecular complexity index is 546. The van der Waals surface area contributed by atoms with Crippen molar-refractivity contribution in [2.45, 2.75) is 0 Å². The summed E-state index contributed by atoms with van der Waals surface area (Å²) < 4.78 is 5.10. The van der Waals surface area contributed by atoms with Gasteiger partial charge in [0, 0.05) is 10.6 Å². The van der Waals surface area contributed by atoms with Crippen molar-refractivity contribution >= 4 is 23.5 Å². The van der Waals surface area contributed by atoms with Gasteiger partial charge in [-0.25, -0.2) is 0 Å². The van der Waals surface area contributed by atoms with E-state index in [9.17, 15) is 4.79 Å². The molecule has 86 valence electrons. The fraction of sp³-hybridized carbons (Fsp3) is 0. The van der Waals surface area contributed by atoms with Gasteiger partial charge in [-0.1, -0.05) is 30.3 Å². The Labute approximate surface area is 103 Å². The van der Waals surface area contributed by atoms with Crippen LogP contribution in [0.5, 0.6) is 0 Å². The number of rotatable bonds is 3. The standard InChI is InChI=1S/C12H9ClN2O2/c1-2-11(16)15-12-14-10(7-17-12)8-3-5-9(13)6-4-8/h2-7H,1H2,(H,14,15,16). The molecule has 0 aliphatic carbocycles. The summed E-state index contributed by atoms with van der Waals surface area (Å²) in [5, 5.41) is 3.08. The third-order valence-corrected chi connectivity index (χ3v) is 2.31. The zero-order valence-electron chi connectivity index (χ0n) is 8.81. The zero-order valence-corrected chi connectivity index (χ0v) is 9.57. The number of carbonyl (C=O) groups is 1. The molecule has 0 bridgehead atoms. The number of anilines is 1. The van der Waals surface area contributed by atoms with E-state index in [1.54, 1.807) is 12.1 Å². The van der Waals surface area contributed by atoms with Crippen LogP contribution in [0.1, 0.15) is 0 Å². The van der Waals surface area contributed by atoms with Crippen LogP contribution in [0.15, 0.2) is 47.6 Å². The van der Waals surface area contributed by atoms with Gasteiger partial charge in [0.05, 0.1) is 0 Å². The third kappa shape index (κ3) is 2.73. The molecule has 0 unspecified atom stereocenters. The summed E-state index contributed by atoms with van der Waals surface area (Å²) >= 11 is 5.78. The number of hydrogen-bond acceptors (Lipinski definition) is 3. The van der Waals surface area contributed by atoms with E-state index >= 15 is 0 Å². The minimum Gasteiger partial charge on any atom is -0.431 e. The molecule has 0 radical (unpaired) electrons. The van der Waals surface area contributed by atoms with Crippen LogP contribution in [0.25, 0.3) is 11.3 Å². The molecular formula is C12H9ClN2O2. The van der Waals surface area contributed by atoms with Crippen molar-refractivity contribution in [3.63, 3.8) is 0 Å². The summed E-state index contributed by atoms with van der Waals surface area (Å²) in [5.41, 5.74) is 1.48. The van der Waals surface area contributed by atoms with E-state index in [-0.39, 0.29) is 11.9 Å². The predicted octanol–water partition coefficient (Wildman–Crippen LogP) is 3.12. The maximum atomic E-state index is 11.0. The molecule has 1 N–H and O–H groups in total. The van der Waals surface area contributed by atoms with Crippen LogP contribution >= 0.6 is 11.6 Å². The van der Waals surface area contributed by atoms with Crippen LogP contribution in [0.4, 0.5) is 6.01 Å². The van der Waals surface area contributed by atoms with Crippen molar-refractivity contribution in [2.75, 3.05) is 5.32 Å². The Morgan fingerprint density at radius 2 is 2.12 bits per heavy atom. The van der Waals surface area contributed by atoms with Crippen LogP contribution in [-0.4, -0.2) is 10.9 Å². The van der Waals surface area contributed by atoms with Crippen molar-refractivity contribution in [3.05, 3.63) is 48.2 Å². The number of aromatic nitrogens is 1. The lowest BCUT2D eigenvalue weighted by Gasteiger charge is -1.95. The highest BCUT2D eigenvalue weighted by Gasteiger charge is 2.07. The minimum absolute atomic E-state index is 0.139. The number of amides is 1. The maximum absolute atomic E-state index is 11.0. The smallest absolute Gasteiger partial charge is 0.302 e. The topological polar surface area (TPSA) is 55.1 Å². The number of benzene rings is 1. The quantitative estimate of drug-likeness (QED) is 0.849. The molecule has 0 fully saturated rings. The lowest BCUT2D eigenvalue weighted by Crippen LogP contribution is -2.07. The van der Waals surface area contributed by atoms with Gasteiger partial charge in [0.15, 0.2) is 0 Å². The second-order valence-electron chi connectivity index (χ2n) is 3.24. The van der Waals surface area contributed by atoms with Crippen LogP contribution in [0.3, 0.4) is 0 Å². The Kier molecular flexibility index (Phi) is 3.25. The molecule has 0 saturated heterocycles. The third-order valence-electron chi connectivity index (χ3n) is 2.06. The van der Waals surface area contributed by atoms with Crippen molar-refractivity contribution in [1.29, 1.82) is 0 Å². The van der Waals surface area contributed by atoms with E-state index in [1.807, 2.05) is 12.1 Å². The Morgan fingerprint density at radius 1 is 1.41 bits per heavy atom. The molecule has 0 atom stereocenters. The lowest BCUT2D eigenvalue weighted by atomic mass is 10.2. The summed E-state index contributed by atoms with van der Waals surface area (Å²) in [6, 6.07) is 7.29. The fourth-order valence-corrected chi connectivity index (χ4v) is 1.37. The molecule has 2 aromatic rings. The highest BCUT2D eigenvalue weighted by molar-refractivity contribution is 6.30. The molecule has 1 heterocycles. The highest BCUT2D eigenvalue weighted by Crippen LogP contribution is 2.22. The molecule has 0 aliphatic rings. The monoisotopic (exact) mass is 248 g/mol. The SMILES string of the molecule is C=CC(=O)Nc1nc(-c2ccc(Cl)cc2)co1. The van der Waals surface area contributed by atoms with Crippen LogP contribution in [0, 0.1) is 0 Å². The first-order chi connectivity index (χ1) is 8.19. The Hall–Kier alpha value is -2.07. The van der Waals surface area contributed by atoms with E-state index in [0.29, 0.717) is 10.7 Å². The number of hydrogen-bond donors (Lipinski definition) is 1.